The van der Waals surface area contributed by atoms with E-state index >= 15 is 0 Å². The molecule has 2 N–H and O–H groups in total. The average Bonchev–Trinajstić information content (AvgIpc) is 3.11. The van der Waals surface area contributed by atoms with Gasteiger partial charge in [-0.25, -0.2) is 12.7 Å². The number of rotatable bonds is 6. The number of guanidine groups is 1. The van der Waals surface area contributed by atoms with Gasteiger partial charge in [0.2, 0.25) is 10.0 Å². The van der Waals surface area contributed by atoms with Crippen LogP contribution >= 0.6 is 24.0 Å². The zero-order valence-corrected chi connectivity index (χ0v) is 19.5. The molecule has 3 aromatic rings. The number of hydrogen-bond donors (Lipinski definition) is 2. The summed E-state index contributed by atoms with van der Waals surface area (Å²) >= 11 is 0. The van der Waals surface area contributed by atoms with E-state index in [0.717, 1.165) is 17.0 Å². The molecule has 11 heteroatoms. The molecule has 0 spiro atoms. The van der Waals surface area contributed by atoms with Gasteiger partial charge in [0.25, 0.3) is 0 Å². The molecule has 0 saturated heterocycles. The summed E-state index contributed by atoms with van der Waals surface area (Å²) in [6.07, 6.45) is 1.91. The van der Waals surface area contributed by atoms with Crippen LogP contribution in [-0.4, -0.2) is 54.4 Å². The van der Waals surface area contributed by atoms with Crippen LogP contribution in [0.5, 0.6) is 0 Å². The highest BCUT2D eigenvalue weighted by atomic mass is 127. The van der Waals surface area contributed by atoms with E-state index < -0.39 is 10.0 Å². The molecular formula is C18H24IN7O2S. The van der Waals surface area contributed by atoms with Gasteiger partial charge in [-0.1, -0.05) is 18.2 Å². The molecule has 29 heavy (non-hydrogen) atoms. The van der Waals surface area contributed by atoms with E-state index in [9.17, 15) is 8.42 Å². The summed E-state index contributed by atoms with van der Waals surface area (Å²) in [5.41, 5.74) is 1.73. The summed E-state index contributed by atoms with van der Waals surface area (Å²) < 4.78 is 27.3. The summed E-state index contributed by atoms with van der Waals surface area (Å²) in [6.45, 7) is 0.966. The van der Waals surface area contributed by atoms with Crippen LogP contribution in [0.15, 0.2) is 58.5 Å². The van der Waals surface area contributed by atoms with Crippen LogP contribution in [0.25, 0.3) is 5.65 Å². The third-order valence-corrected chi connectivity index (χ3v) is 6.01. The number of hydrogen-bond acceptors (Lipinski definition) is 5. The van der Waals surface area contributed by atoms with Crippen molar-refractivity contribution in [3.8, 4) is 0 Å². The van der Waals surface area contributed by atoms with Gasteiger partial charge in [-0.3, -0.25) is 9.39 Å². The fourth-order valence-electron chi connectivity index (χ4n) is 2.57. The molecule has 0 bridgehead atoms. The van der Waals surface area contributed by atoms with E-state index in [2.05, 4.69) is 25.8 Å². The van der Waals surface area contributed by atoms with Crippen molar-refractivity contribution in [3.63, 3.8) is 0 Å². The second-order valence-corrected chi connectivity index (χ2v) is 8.41. The minimum Gasteiger partial charge on any atom is -0.352 e. The molecule has 0 atom stereocenters. The first-order valence-corrected chi connectivity index (χ1v) is 10.1. The molecule has 0 aliphatic rings. The predicted molar refractivity (Wildman–Crippen MR) is 123 cm³/mol. The highest BCUT2D eigenvalue weighted by molar-refractivity contribution is 14.0. The normalized spacial score (nSPS) is 12.1. The van der Waals surface area contributed by atoms with Crippen molar-refractivity contribution in [2.75, 3.05) is 21.1 Å². The molecule has 2 heterocycles. The van der Waals surface area contributed by atoms with Crippen molar-refractivity contribution in [1.29, 1.82) is 0 Å². The Morgan fingerprint density at radius 3 is 2.41 bits per heavy atom. The molecule has 0 aliphatic heterocycles. The fourth-order valence-corrected chi connectivity index (χ4v) is 3.47. The Labute approximate surface area is 187 Å². The van der Waals surface area contributed by atoms with Crippen molar-refractivity contribution in [2.24, 2.45) is 4.99 Å². The van der Waals surface area contributed by atoms with Crippen molar-refractivity contribution >= 4 is 45.6 Å². The molecule has 0 amide bonds. The van der Waals surface area contributed by atoms with E-state index in [1.54, 1.807) is 31.3 Å². The van der Waals surface area contributed by atoms with Crippen LogP contribution in [0.2, 0.25) is 0 Å². The zero-order valence-electron chi connectivity index (χ0n) is 16.4. The predicted octanol–water partition coefficient (Wildman–Crippen LogP) is 1.46. The minimum atomic E-state index is -3.42. The third kappa shape index (κ3) is 5.42. The standard InChI is InChI=1S/C18H23N7O2S.HI/c1-19-18(21-13-17-23-22-16-6-4-5-11-25(16)17)20-12-14-7-9-15(10-8-14)28(26,27)24(2)3;/h4-11H,12-13H2,1-3H3,(H2,19,20,21);1H. The van der Waals surface area contributed by atoms with E-state index in [1.165, 1.54) is 18.4 Å². The van der Waals surface area contributed by atoms with E-state index in [4.69, 9.17) is 0 Å². The number of nitrogens with one attached hydrogen (secondary N) is 2. The van der Waals surface area contributed by atoms with Crippen molar-refractivity contribution < 1.29 is 8.42 Å². The van der Waals surface area contributed by atoms with Crippen molar-refractivity contribution in [3.05, 3.63) is 60.0 Å². The monoisotopic (exact) mass is 529 g/mol. The van der Waals surface area contributed by atoms with Gasteiger partial charge in [0, 0.05) is 33.9 Å². The van der Waals surface area contributed by atoms with Gasteiger partial charge in [-0.15, -0.1) is 34.2 Å². The number of nitrogens with zero attached hydrogens (tertiary/aromatic N) is 5. The SMILES string of the molecule is CN=C(NCc1ccc(S(=O)(=O)N(C)C)cc1)NCc1nnc2ccccn12.I. The van der Waals surface area contributed by atoms with Crippen molar-refractivity contribution in [1.82, 2.24) is 29.5 Å². The van der Waals surface area contributed by atoms with Gasteiger partial charge < -0.3 is 10.6 Å². The smallest absolute Gasteiger partial charge is 0.242 e. The highest BCUT2D eigenvalue weighted by Crippen LogP contribution is 2.13. The van der Waals surface area contributed by atoms with Crippen LogP contribution < -0.4 is 10.6 Å². The maximum Gasteiger partial charge on any atom is 0.242 e. The average molecular weight is 529 g/mol. The number of aliphatic imine (C=N–C) groups is 1. The van der Waals surface area contributed by atoms with Gasteiger partial charge in [0.1, 0.15) is 0 Å². The molecule has 0 aliphatic carbocycles. The fraction of sp³-hybridized carbons (Fsp3) is 0.278. The number of benzene rings is 1. The Kier molecular flexibility index (Phi) is 7.93. The summed E-state index contributed by atoms with van der Waals surface area (Å²) in [7, 11) is 1.29. The molecule has 9 nitrogen and oxygen atoms in total. The summed E-state index contributed by atoms with van der Waals surface area (Å²) in [5, 5.41) is 14.7. The van der Waals surface area contributed by atoms with Crippen LogP contribution in [-0.2, 0) is 23.1 Å². The quantitative estimate of drug-likeness (QED) is 0.285. The van der Waals surface area contributed by atoms with Gasteiger partial charge >= 0.3 is 0 Å². The third-order valence-electron chi connectivity index (χ3n) is 4.18. The number of sulfonamides is 1. The van der Waals surface area contributed by atoms with E-state index in [1.807, 2.05) is 28.8 Å². The van der Waals surface area contributed by atoms with Gasteiger partial charge in [-0.05, 0) is 29.8 Å². The number of halogens is 1. The van der Waals surface area contributed by atoms with Gasteiger partial charge in [0.05, 0.1) is 11.4 Å². The number of aromatic nitrogens is 3. The van der Waals surface area contributed by atoms with Crippen LogP contribution in [0.1, 0.15) is 11.4 Å². The zero-order chi connectivity index (χ0) is 20.1. The highest BCUT2D eigenvalue weighted by Gasteiger charge is 2.16. The van der Waals surface area contributed by atoms with Crippen molar-refractivity contribution in [2.45, 2.75) is 18.0 Å². The largest absolute Gasteiger partial charge is 0.352 e. The Morgan fingerprint density at radius 2 is 1.76 bits per heavy atom. The maximum absolute atomic E-state index is 12.1. The molecule has 0 unspecified atom stereocenters. The number of fused-ring (bicyclic) bond motifs is 1. The molecule has 0 fully saturated rings. The number of pyridine rings is 1. The van der Waals surface area contributed by atoms with Gasteiger partial charge in [-0.2, -0.15) is 0 Å². The first kappa shape index (κ1) is 23.0. The lowest BCUT2D eigenvalue weighted by Crippen LogP contribution is -2.36. The second-order valence-electron chi connectivity index (χ2n) is 6.26. The molecule has 0 saturated carbocycles. The first-order valence-electron chi connectivity index (χ1n) is 8.66. The lowest BCUT2D eigenvalue weighted by atomic mass is 10.2. The van der Waals surface area contributed by atoms with Crippen LogP contribution in [0.3, 0.4) is 0 Å². The molecule has 0 radical (unpaired) electrons. The van der Waals surface area contributed by atoms with E-state index in [-0.39, 0.29) is 28.9 Å². The Morgan fingerprint density at radius 1 is 1.07 bits per heavy atom. The molecule has 1 aromatic carbocycles. The van der Waals surface area contributed by atoms with Crippen LogP contribution in [0, 0.1) is 0 Å². The Balaban J connectivity index is 0.00000300. The molecular weight excluding hydrogens is 505 g/mol. The molecule has 156 valence electrons. The summed E-state index contributed by atoms with van der Waals surface area (Å²) in [5.74, 6) is 1.38. The summed E-state index contributed by atoms with van der Waals surface area (Å²) in [6, 6.07) is 12.5. The lowest BCUT2D eigenvalue weighted by Gasteiger charge is -2.13. The van der Waals surface area contributed by atoms with Crippen LogP contribution in [0.4, 0.5) is 0 Å². The summed E-state index contributed by atoms with van der Waals surface area (Å²) in [4.78, 5) is 4.46. The second kappa shape index (κ2) is 9.98. The minimum absolute atomic E-state index is 0. The maximum atomic E-state index is 12.1. The lowest BCUT2D eigenvalue weighted by molar-refractivity contribution is 0.520. The Bertz CT molecular complexity index is 1080. The topological polar surface area (TPSA) is 104 Å². The van der Waals surface area contributed by atoms with E-state index in [0.29, 0.717) is 19.0 Å². The van der Waals surface area contributed by atoms with Gasteiger partial charge in [0.15, 0.2) is 17.4 Å². The Hall–Kier alpha value is -2.25. The molecule has 3 rings (SSSR count). The first-order chi connectivity index (χ1) is 13.4. The molecule has 2 aromatic heterocycles.